The lowest BCUT2D eigenvalue weighted by atomic mass is 10.2. The zero-order valence-electron chi connectivity index (χ0n) is 15.4. The van der Waals surface area contributed by atoms with Crippen molar-refractivity contribution in [3.8, 4) is 11.8 Å². The van der Waals surface area contributed by atoms with Gasteiger partial charge in [-0.2, -0.15) is 5.26 Å². The number of nitrogens with zero attached hydrogens (tertiary/aromatic N) is 1. The lowest BCUT2D eigenvalue weighted by Gasteiger charge is -2.11. The lowest BCUT2D eigenvalue weighted by Crippen LogP contribution is -2.38. The highest BCUT2D eigenvalue weighted by Gasteiger charge is 2.13. The van der Waals surface area contributed by atoms with Gasteiger partial charge in [0.2, 0.25) is 5.91 Å². The van der Waals surface area contributed by atoms with Crippen molar-refractivity contribution in [1.29, 1.82) is 5.26 Å². The Labute approximate surface area is 162 Å². The third-order valence-electron chi connectivity index (χ3n) is 3.73. The number of nitriles is 1. The minimum atomic E-state index is -0.605. The molecule has 2 aromatic carbocycles. The molecule has 0 aliphatic rings. The van der Waals surface area contributed by atoms with Gasteiger partial charge in [0, 0.05) is 13.1 Å². The van der Waals surface area contributed by atoms with Gasteiger partial charge in [0.1, 0.15) is 23.2 Å². The molecule has 2 rings (SSSR count). The van der Waals surface area contributed by atoms with Crippen LogP contribution in [0.1, 0.15) is 22.8 Å². The van der Waals surface area contributed by atoms with Crippen LogP contribution in [0.15, 0.2) is 42.5 Å². The molecule has 0 spiro atoms. The van der Waals surface area contributed by atoms with E-state index in [1.165, 1.54) is 12.1 Å². The summed E-state index contributed by atoms with van der Waals surface area (Å²) in [5.41, 5.74) is 0.639. The molecule has 2 amide bonds. The molecule has 0 fully saturated rings. The maximum Gasteiger partial charge on any atom is 0.255 e. The average molecular weight is 384 g/mol. The largest absolute Gasteiger partial charge is 0.493 e. The molecule has 28 heavy (non-hydrogen) atoms. The summed E-state index contributed by atoms with van der Waals surface area (Å²) in [6.07, 6.45) is 0. The van der Waals surface area contributed by atoms with Crippen LogP contribution in [0.2, 0.25) is 0 Å². The van der Waals surface area contributed by atoms with Crippen LogP contribution in [0.3, 0.4) is 0 Å². The maximum absolute atomic E-state index is 13.5. The predicted molar refractivity (Wildman–Crippen MR) is 103 cm³/mol. The van der Waals surface area contributed by atoms with Crippen molar-refractivity contribution in [3.05, 3.63) is 59.4 Å². The minimum absolute atomic E-state index is 0.0750. The van der Waals surface area contributed by atoms with E-state index in [9.17, 15) is 14.0 Å². The molecule has 0 saturated carbocycles. The fourth-order valence-corrected chi connectivity index (χ4v) is 2.44. The van der Waals surface area contributed by atoms with Crippen LogP contribution in [-0.2, 0) is 4.79 Å². The van der Waals surface area contributed by atoms with Crippen LogP contribution in [0, 0.1) is 17.1 Å². The van der Waals surface area contributed by atoms with E-state index < -0.39 is 11.7 Å². The summed E-state index contributed by atoms with van der Waals surface area (Å²) < 4.78 is 18.9. The van der Waals surface area contributed by atoms with Gasteiger partial charge in [-0.3, -0.25) is 9.59 Å². The fraction of sp³-hybridized carbons (Fsp3) is 0.250. The van der Waals surface area contributed by atoms with Crippen LogP contribution >= 0.6 is 0 Å². The third-order valence-corrected chi connectivity index (χ3v) is 3.73. The topological polar surface area (TPSA) is 103 Å². The van der Waals surface area contributed by atoms with Crippen molar-refractivity contribution < 1.29 is 18.7 Å². The summed E-state index contributed by atoms with van der Waals surface area (Å²) in [7, 11) is 0. The number of nitrogens with one attached hydrogen (secondary N) is 3. The van der Waals surface area contributed by atoms with Gasteiger partial charge in [-0.25, -0.2) is 4.39 Å². The Kier molecular flexibility index (Phi) is 7.78. The predicted octanol–water partition coefficient (Wildman–Crippen LogP) is 2.05. The Hall–Kier alpha value is -3.60. The van der Waals surface area contributed by atoms with E-state index in [-0.39, 0.29) is 24.6 Å². The van der Waals surface area contributed by atoms with Crippen LogP contribution < -0.4 is 20.7 Å². The zero-order valence-corrected chi connectivity index (χ0v) is 15.4. The molecule has 0 aliphatic heterocycles. The van der Waals surface area contributed by atoms with Gasteiger partial charge < -0.3 is 20.7 Å². The van der Waals surface area contributed by atoms with E-state index in [1.807, 2.05) is 6.92 Å². The van der Waals surface area contributed by atoms with Gasteiger partial charge in [0.25, 0.3) is 5.91 Å². The first-order valence-corrected chi connectivity index (χ1v) is 8.76. The zero-order chi connectivity index (χ0) is 20.4. The first kappa shape index (κ1) is 20.7. The number of carbonyl (C=O) groups excluding carboxylic acids is 2. The molecule has 146 valence electrons. The molecule has 0 heterocycles. The number of rotatable bonds is 9. The lowest BCUT2D eigenvalue weighted by molar-refractivity contribution is -0.120. The van der Waals surface area contributed by atoms with Crippen molar-refractivity contribution in [3.63, 3.8) is 0 Å². The summed E-state index contributed by atoms with van der Waals surface area (Å²) in [6.45, 7) is 2.59. The highest BCUT2D eigenvalue weighted by Crippen LogP contribution is 2.18. The first-order valence-electron chi connectivity index (χ1n) is 8.76. The van der Waals surface area contributed by atoms with E-state index >= 15 is 0 Å². The standard InChI is InChI=1S/C20H21FN4O3/c1-2-28-18-9-4-3-6-14(18)20(27)25-13-19(26)24-11-10-23-17-8-5-7-16(21)15(17)12-22/h3-9,23H,2,10-11,13H2,1H3,(H,24,26)(H,25,27). The number of anilines is 1. The molecule has 3 N–H and O–H groups in total. The number of benzene rings is 2. The Bertz CT molecular complexity index is 880. The maximum atomic E-state index is 13.5. The Morgan fingerprint density at radius 1 is 1.11 bits per heavy atom. The molecule has 0 aromatic heterocycles. The molecule has 0 unspecified atom stereocenters. The van der Waals surface area contributed by atoms with Gasteiger partial charge >= 0.3 is 0 Å². The van der Waals surface area contributed by atoms with Crippen LogP contribution in [0.4, 0.5) is 10.1 Å². The van der Waals surface area contributed by atoms with E-state index in [0.29, 0.717) is 30.2 Å². The molecule has 0 saturated heterocycles. The van der Waals surface area contributed by atoms with Crippen molar-refractivity contribution in [2.45, 2.75) is 6.92 Å². The molecule has 8 heteroatoms. The number of halogens is 1. The second-order valence-corrected chi connectivity index (χ2v) is 5.66. The van der Waals surface area contributed by atoms with Gasteiger partial charge in [0.15, 0.2) is 0 Å². The number of para-hydroxylation sites is 1. The molecule has 0 atom stereocenters. The monoisotopic (exact) mass is 384 g/mol. The SMILES string of the molecule is CCOc1ccccc1C(=O)NCC(=O)NCCNc1cccc(F)c1C#N. The molecule has 0 aliphatic carbocycles. The molecule has 2 aromatic rings. The number of ether oxygens (including phenoxy) is 1. The smallest absolute Gasteiger partial charge is 0.255 e. The Morgan fingerprint density at radius 2 is 1.89 bits per heavy atom. The van der Waals surface area contributed by atoms with Crippen LogP contribution in [0.25, 0.3) is 0 Å². The summed E-state index contributed by atoms with van der Waals surface area (Å²) in [5.74, 6) is -0.929. The van der Waals surface area contributed by atoms with Gasteiger partial charge in [-0.15, -0.1) is 0 Å². The second-order valence-electron chi connectivity index (χ2n) is 5.66. The molecule has 0 radical (unpaired) electrons. The number of carbonyl (C=O) groups is 2. The summed E-state index contributed by atoms with van der Waals surface area (Å²) >= 11 is 0. The van der Waals surface area contributed by atoms with Crippen LogP contribution in [0.5, 0.6) is 5.75 Å². The van der Waals surface area contributed by atoms with Gasteiger partial charge in [0.05, 0.1) is 24.4 Å². The summed E-state index contributed by atoms with van der Waals surface area (Å²) in [5, 5.41) is 17.0. The van der Waals surface area contributed by atoms with Crippen molar-refractivity contribution in [2.75, 3.05) is 31.6 Å². The summed E-state index contributed by atoms with van der Waals surface area (Å²) in [6, 6.07) is 12.9. The second kappa shape index (κ2) is 10.5. The molecular formula is C20H21FN4O3. The highest BCUT2D eigenvalue weighted by atomic mass is 19.1. The third kappa shape index (κ3) is 5.71. The number of amides is 2. The van der Waals surface area contributed by atoms with E-state index in [0.717, 1.165) is 0 Å². The fourth-order valence-electron chi connectivity index (χ4n) is 2.44. The van der Waals surface area contributed by atoms with E-state index in [4.69, 9.17) is 10.00 Å². The summed E-state index contributed by atoms with van der Waals surface area (Å²) in [4.78, 5) is 24.1. The normalized spacial score (nSPS) is 9.89. The average Bonchev–Trinajstić information content (AvgIpc) is 2.70. The van der Waals surface area contributed by atoms with Gasteiger partial charge in [-0.05, 0) is 31.2 Å². The first-order chi connectivity index (χ1) is 13.6. The molecular weight excluding hydrogens is 363 g/mol. The van der Waals surface area contributed by atoms with Crippen molar-refractivity contribution >= 4 is 17.5 Å². The Morgan fingerprint density at radius 3 is 2.64 bits per heavy atom. The number of hydrogen-bond acceptors (Lipinski definition) is 5. The van der Waals surface area contributed by atoms with Gasteiger partial charge in [-0.1, -0.05) is 18.2 Å². The Balaban J connectivity index is 1.76. The van der Waals surface area contributed by atoms with Crippen molar-refractivity contribution in [1.82, 2.24) is 10.6 Å². The van der Waals surface area contributed by atoms with E-state index in [1.54, 1.807) is 36.4 Å². The highest BCUT2D eigenvalue weighted by molar-refractivity contribution is 5.98. The minimum Gasteiger partial charge on any atom is -0.493 e. The van der Waals surface area contributed by atoms with Crippen LogP contribution in [-0.4, -0.2) is 38.1 Å². The van der Waals surface area contributed by atoms with Crippen molar-refractivity contribution in [2.24, 2.45) is 0 Å². The molecule has 0 bridgehead atoms. The van der Waals surface area contributed by atoms with E-state index in [2.05, 4.69) is 16.0 Å². The quantitative estimate of drug-likeness (QED) is 0.574. The molecule has 7 nitrogen and oxygen atoms in total. The number of hydrogen-bond donors (Lipinski definition) is 3.